The molecule has 94 valence electrons. The van der Waals surface area contributed by atoms with Crippen LogP contribution in [0.2, 0.25) is 0 Å². The highest BCUT2D eigenvalue weighted by molar-refractivity contribution is 5.31. The van der Waals surface area contributed by atoms with E-state index in [1.165, 1.54) is 25.7 Å². The molecule has 0 atom stereocenters. The fourth-order valence-electron chi connectivity index (χ4n) is 2.64. The molecule has 1 aliphatic rings. The molecule has 1 aromatic rings. The minimum Gasteiger partial charge on any atom is -0.491 e. The van der Waals surface area contributed by atoms with Crippen molar-refractivity contribution in [2.75, 3.05) is 6.61 Å². The smallest absolute Gasteiger partial charge is 0.165 e. The minimum atomic E-state index is -0.219. The van der Waals surface area contributed by atoms with Gasteiger partial charge in [-0.1, -0.05) is 25.8 Å². The first kappa shape index (κ1) is 12.4. The van der Waals surface area contributed by atoms with Gasteiger partial charge in [-0.25, -0.2) is 4.39 Å². The first-order valence-corrected chi connectivity index (χ1v) is 6.63. The van der Waals surface area contributed by atoms with Gasteiger partial charge in [0.1, 0.15) is 0 Å². The van der Waals surface area contributed by atoms with E-state index in [1.54, 1.807) is 12.1 Å². The molecule has 1 saturated carbocycles. The molecule has 0 bridgehead atoms. The fourth-order valence-corrected chi connectivity index (χ4v) is 2.64. The summed E-state index contributed by atoms with van der Waals surface area (Å²) >= 11 is 0. The third kappa shape index (κ3) is 2.99. The molecule has 0 aromatic heterocycles. The molecule has 1 nitrogen and oxygen atoms in total. The lowest BCUT2D eigenvalue weighted by Crippen LogP contribution is -2.11. The minimum absolute atomic E-state index is 0.219. The van der Waals surface area contributed by atoms with Crippen molar-refractivity contribution in [3.63, 3.8) is 0 Å². The van der Waals surface area contributed by atoms with Gasteiger partial charge in [0.05, 0.1) is 6.61 Å². The summed E-state index contributed by atoms with van der Waals surface area (Å²) in [6.45, 7) is 4.68. The maximum Gasteiger partial charge on any atom is 0.165 e. The van der Waals surface area contributed by atoms with Gasteiger partial charge in [0, 0.05) is 0 Å². The Kier molecular flexibility index (Phi) is 4.03. The summed E-state index contributed by atoms with van der Waals surface area (Å²) in [6, 6.07) is 5.45. The Morgan fingerprint density at radius 1 is 1.24 bits per heavy atom. The summed E-state index contributed by atoms with van der Waals surface area (Å²) in [6.07, 6.45) is 4.90. The topological polar surface area (TPSA) is 9.23 Å². The predicted octanol–water partition coefficient (Wildman–Crippen LogP) is 4.52. The Bertz CT molecular complexity index is 367. The summed E-state index contributed by atoms with van der Waals surface area (Å²) < 4.78 is 19.0. The molecule has 1 fully saturated rings. The number of hydrogen-bond donors (Lipinski definition) is 0. The molecule has 0 aliphatic heterocycles. The molecule has 1 aliphatic carbocycles. The molecule has 0 heterocycles. The molecule has 0 amide bonds. The van der Waals surface area contributed by atoms with Crippen molar-refractivity contribution >= 4 is 0 Å². The highest BCUT2D eigenvalue weighted by Crippen LogP contribution is 2.36. The van der Waals surface area contributed by atoms with Crippen LogP contribution in [0.5, 0.6) is 5.75 Å². The van der Waals surface area contributed by atoms with Crippen LogP contribution in [0.1, 0.15) is 51.0 Å². The Morgan fingerprint density at radius 2 is 1.94 bits per heavy atom. The van der Waals surface area contributed by atoms with E-state index in [1.807, 2.05) is 13.0 Å². The third-order valence-electron chi connectivity index (χ3n) is 3.74. The van der Waals surface area contributed by atoms with Gasteiger partial charge < -0.3 is 4.74 Å². The lowest BCUT2D eigenvalue weighted by Gasteiger charge is -2.26. The van der Waals surface area contributed by atoms with Gasteiger partial charge in [0.2, 0.25) is 0 Å². The van der Waals surface area contributed by atoms with Crippen molar-refractivity contribution in [1.29, 1.82) is 0 Å². The summed E-state index contributed by atoms with van der Waals surface area (Å²) in [5, 5.41) is 0. The van der Waals surface area contributed by atoms with Gasteiger partial charge in [0.25, 0.3) is 0 Å². The second-order valence-corrected chi connectivity index (χ2v) is 5.08. The highest BCUT2D eigenvalue weighted by Gasteiger charge is 2.20. The van der Waals surface area contributed by atoms with Crippen LogP contribution in [-0.2, 0) is 0 Å². The van der Waals surface area contributed by atoms with Crippen molar-refractivity contribution in [2.24, 2.45) is 5.92 Å². The van der Waals surface area contributed by atoms with Crippen LogP contribution in [0.4, 0.5) is 4.39 Å². The lowest BCUT2D eigenvalue weighted by atomic mass is 9.79. The molecule has 0 saturated heterocycles. The zero-order valence-corrected chi connectivity index (χ0v) is 10.7. The second kappa shape index (κ2) is 5.52. The molecule has 2 rings (SSSR count). The van der Waals surface area contributed by atoms with Crippen molar-refractivity contribution < 1.29 is 9.13 Å². The van der Waals surface area contributed by atoms with Gasteiger partial charge in [-0.2, -0.15) is 0 Å². The molecule has 17 heavy (non-hydrogen) atoms. The Morgan fingerprint density at radius 3 is 2.53 bits per heavy atom. The van der Waals surface area contributed by atoms with E-state index in [-0.39, 0.29) is 5.82 Å². The lowest BCUT2D eigenvalue weighted by molar-refractivity contribution is 0.319. The first-order valence-electron chi connectivity index (χ1n) is 6.63. The summed E-state index contributed by atoms with van der Waals surface area (Å²) in [7, 11) is 0. The zero-order valence-electron chi connectivity index (χ0n) is 10.7. The number of rotatable bonds is 3. The second-order valence-electron chi connectivity index (χ2n) is 5.08. The SMILES string of the molecule is CCOc1ccc(C2CCC(C)CC2)cc1F. The van der Waals surface area contributed by atoms with E-state index in [2.05, 4.69) is 6.92 Å². The summed E-state index contributed by atoms with van der Waals surface area (Å²) in [5.74, 6) is 1.53. The molecule has 0 radical (unpaired) electrons. The zero-order chi connectivity index (χ0) is 12.3. The molecule has 0 spiro atoms. The molecular weight excluding hydrogens is 215 g/mol. The fraction of sp³-hybridized carbons (Fsp3) is 0.600. The Balaban J connectivity index is 2.09. The van der Waals surface area contributed by atoms with Crippen LogP contribution in [0.15, 0.2) is 18.2 Å². The van der Waals surface area contributed by atoms with Crippen LogP contribution in [-0.4, -0.2) is 6.61 Å². The summed E-state index contributed by atoms with van der Waals surface area (Å²) in [4.78, 5) is 0. The number of ether oxygens (including phenoxy) is 1. The first-order chi connectivity index (χ1) is 8.20. The monoisotopic (exact) mass is 236 g/mol. The molecule has 0 N–H and O–H groups in total. The van der Waals surface area contributed by atoms with E-state index < -0.39 is 0 Å². The molecule has 1 aromatic carbocycles. The van der Waals surface area contributed by atoms with Crippen LogP contribution in [0.25, 0.3) is 0 Å². The maximum absolute atomic E-state index is 13.7. The number of hydrogen-bond acceptors (Lipinski definition) is 1. The quantitative estimate of drug-likeness (QED) is 0.749. The van der Waals surface area contributed by atoms with Crippen LogP contribution in [0, 0.1) is 11.7 Å². The average Bonchev–Trinajstić information content (AvgIpc) is 2.33. The van der Waals surface area contributed by atoms with E-state index in [9.17, 15) is 4.39 Å². The normalized spacial score (nSPS) is 24.6. The average molecular weight is 236 g/mol. The van der Waals surface area contributed by atoms with Gasteiger partial charge in [-0.15, -0.1) is 0 Å². The van der Waals surface area contributed by atoms with Crippen LogP contribution >= 0.6 is 0 Å². The summed E-state index contributed by atoms with van der Waals surface area (Å²) in [5.41, 5.74) is 1.14. The molecule has 2 heteroatoms. The number of halogens is 1. The highest BCUT2D eigenvalue weighted by atomic mass is 19.1. The van der Waals surface area contributed by atoms with Gasteiger partial charge in [0.15, 0.2) is 11.6 Å². The largest absolute Gasteiger partial charge is 0.491 e. The number of benzene rings is 1. The van der Waals surface area contributed by atoms with Crippen molar-refractivity contribution in [3.05, 3.63) is 29.6 Å². The third-order valence-corrected chi connectivity index (χ3v) is 3.74. The van der Waals surface area contributed by atoms with E-state index in [0.29, 0.717) is 18.3 Å². The molecular formula is C15H21FO. The molecule has 0 unspecified atom stereocenters. The Labute approximate surface area is 103 Å². The van der Waals surface area contributed by atoms with Gasteiger partial charge in [-0.05, 0) is 49.3 Å². The van der Waals surface area contributed by atoms with Crippen molar-refractivity contribution in [3.8, 4) is 5.75 Å². The van der Waals surface area contributed by atoms with Gasteiger partial charge >= 0.3 is 0 Å². The maximum atomic E-state index is 13.7. The van der Waals surface area contributed by atoms with Crippen molar-refractivity contribution in [1.82, 2.24) is 0 Å². The van der Waals surface area contributed by atoms with E-state index >= 15 is 0 Å². The standard InChI is InChI=1S/C15H21FO/c1-3-17-15-9-8-13(10-14(15)16)12-6-4-11(2)5-7-12/h8-12H,3-7H2,1-2H3. The van der Waals surface area contributed by atoms with Gasteiger partial charge in [-0.3, -0.25) is 0 Å². The van der Waals surface area contributed by atoms with E-state index in [4.69, 9.17) is 4.74 Å². The van der Waals surface area contributed by atoms with Crippen LogP contribution < -0.4 is 4.74 Å². The van der Waals surface area contributed by atoms with Crippen molar-refractivity contribution in [2.45, 2.75) is 45.4 Å². The Hall–Kier alpha value is -1.05. The van der Waals surface area contributed by atoms with E-state index in [0.717, 1.165) is 11.5 Å². The van der Waals surface area contributed by atoms with Crippen LogP contribution in [0.3, 0.4) is 0 Å². The predicted molar refractivity (Wildman–Crippen MR) is 67.9 cm³/mol.